The van der Waals surface area contributed by atoms with Crippen LogP contribution in [0.2, 0.25) is 10.0 Å². The summed E-state index contributed by atoms with van der Waals surface area (Å²) in [5, 5.41) is 16.9. The predicted molar refractivity (Wildman–Crippen MR) is 62.6 cm³/mol. The van der Waals surface area contributed by atoms with Crippen LogP contribution < -0.4 is 0 Å². The first kappa shape index (κ1) is 14.2. The standard InChI is InChI=1S/C9H8Cl2O5S/c10-5-1-2-6(17(15,16)4-3-12)8(11)7(5)9(13)14/h1-2,12H,3-4H2,(H,13,14). The van der Waals surface area contributed by atoms with E-state index in [-0.39, 0.29) is 9.92 Å². The molecule has 17 heavy (non-hydrogen) atoms. The summed E-state index contributed by atoms with van der Waals surface area (Å²) in [5.41, 5.74) is -0.465. The van der Waals surface area contributed by atoms with Crippen LogP contribution >= 0.6 is 23.2 Å². The molecular formula is C9H8Cl2O5S. The van der Waals surface area contributed by atoms with Gasteiger partial charge in [0.1, 0.15) is 0 Å². The van der Waals surface area contributed by atoms with Crippen LogP contribution in [0.3, 0.4) is 0 Å². The maximum Gasteiger partial charge on any atom is 0.338 e. The fourth-order valence-corrected chi connectivity index (χ4v) is 3.20. The number of aromatic carboxylic acids is 1. The van der Waals surface area contributed by atoms with Gasteiger partial charge in [0.15, 0.2) is 9.84 Å². The molecule has 0 unspecified atom stereocenters. The monoisotopic (exact) mass is 298 g/mol. The van der Waals surface area contributed by atoms with E-state index in [0.717, 1.165) is 12.1 Å². The lowest BCUT2D eigenvalue weighted by atomic mass is 10.2. The predicted octanol–water partition coefficient (Wildman–Crippen LogP) is 1.46. The van der Waals surface area contributed by atoms with Crippen molar-refractivity contribution in [3.05, 3.63) is 27.7 Å². The van der Waals surface area contributed by atoms with Gasteiger partial charge in [-0.3, -0.25) is 0 Å². The van der Waals surface area contributed by atoms with Crippen LogP contribution in [0.5, 0.6) is 0 Å². The lowest BCUT2D eigenvalue weighted by molar-refractivity contribution is 0.0697. The lowest BCUT2D eigenvalue weighted by Gasteiger charge is -2.08. The Labute approximate surface area is 108 Å². The third-order valence-corrected chi connectivity index (χ3v) is 4.51. The number of carboxylic acids is 1. The Hall–Kier alpha value is -0.820. The van der Waals surface area contributed by atoms with E-state index in [1.54, 1.807) is 0 Å². The Morgan fingerprint density at radius 3 is 2.35 bits per heavy atom. The van der Waals surface area contributed by atoms with Crippen LogP contribution in [0.4, 0.5) is 0 Å². The summed E-state index contributed by atoms with van der Waals surface area (Å²) in [4.78, 5) is 10.5. The second-order valence-electron chi connectivity index (χ2n) is 3.08. The molecule has 0 aliphatic rings. The highest BCUT2D eigenvalue weighted by atomic mass is 35.5. The molecule has 2 N–H and O–H groups in total. The molecule has 1 aromatic carbocycles. The molecule has 0 spiro atoms. The van der Waals surface area contributed by atoms with E-state index < -0.39 is 38.8 Å². The molecule has 0 fully saturated rings. The maximum absolute atomic E-state index is 11.7. The minimum Gasteiger partial charge on any atom is -0.478 e. The zero-order valence-corrected chi connectivity index (χ0v) is 10.7. The van der Waals surface area contributed by atoms with Crippen molar-refractivity contribution in [1.82, 2.24) is 0 Å². The minimum absolute atomic E-state index is 0.148. The van der Waals surface area contributed by atoms with Gasteiger partial charge in [0.05, 0.1) is 32.9 Å². The quantitative estimate of drug-likeness (QED) is 0.878. The summed E-state index contributed by atoms with van der Waals surface area (Å²) in [6.07, 6.45) is 0. The second kappa shape index (κ2) is 5.22. The number of hydrogen-bond acceptors (Lipinski definition) is 4. The first-order valence-electron chi connectivity index (χ1n) is 4.36. The summed E-state index contributed by atoms with van der Waals surface area (Å²) in [6, 6.07) is 2.25. The topological polar surface area (TPSA) is 91.7 Å². The fourth-order valence-electron chi connectivity index (χ4n) is 1.20. The Morgan fingerprint density at radius 1 is 1.29 bits per heavy atom. The second-order valence-corrected chi connectivity index (χ2v) is 5.94. The maximum atomic E-state index is 11.7. The van der Waals surface area contributed by atoms with Gasteiger partial charge in [-0.05, 0) is 12.1 Å². The van der Waals surface area contributed by atoms with Crippen molar-refractivity contribution < 1.29 is 23.4 Å². The number of hydrogen-bond donors (Lipinski definition) is 2. The molecule has 8 heteroatoms. The Balaban J connectivity index is 3.49. The highest BCUT2D eigenvalue weighted by Gasteiger charge is 2.24. The number of benzene rings is 1. The summed E-state index contributed by atoms with van der Waals surface area (Å²) >= 11 is 11.3. The number of halogens is 2. The molecule has 5 nitrogen and oxygen atoms in total. The van der Waals surface area contributed by atoms with E-state index in [1.807, 2.05) is 0 Å². The van der Waals surface area contributed by atoms with E-state index in [9.17, 15) is 13.2 Å². The van der Waals surface area contributed by atoms with E-state index in [1.165, 1.54) is 0 Å². The van der Waals surface area contributed by atoms with Crippen molar-refractivity contribution in [1.29, 1.82) is 0 Å². The highest BCUT2D eigenvalue weighted by molar-refractivity contribution is 7.91. The van der Waals surface area contributed by atoms with Crippen molar-refractivity contribution in [2.45, 2.75) is 4.90 Å². The number of sulfone groups is 1. The summed E-state index contributed by atoms with van der Waals surface area (Å²) in [5.74, 6) is -1.95. The van der Waals surface area contributed by atoms with Gasteiger partial charge in [-0.2, -0.15) is 0 Å². The summed E-state index contributed by atoms with van der Waals surface area (Å²) < 4.78 is 23.3. The number of rotatable bonds is 4. The molecular weight excluding hydrogens is 291 g/mol. The largest absolute Gasteiger partial charge is 0.478 e. The van der Waals surface area contributed by atoms with Crippen molar-refractivity contribution >= 4 is 39.0 Å². The molecule has 0 saturated heterocycles. The van der Waals surface area contributed by atoms with Crippen LogP contribution in [-0.4, -0.2) is 37.0 Å². The molecule has 0 amide bonds. The molecule has 1 aromatic rings. The molecule has 1 rings (SSSR count). The number of carboxylic acid groups (broad SMARTS) is 1. The molecule has 94 valence electrons. The van der Waals surface area contributed by atoms with Gasteiger partial charge in [0.2, 0.25) is 0 Å². The fraction of sp³-hybridized carbons (Fsp3) is 0.222. The van der Waals surface area contributed by atoms with E-state index in [4.69, 9.17) is 33.4 Å². The number of carbonyl (C=O) groups is 1. The molecule has 0 aliphatic carbocycles. The molecule has 0 atom stereocenters. The first-order chi connectivity index (χ1) is 7.81. The van der Waals surface area contributed by atoms with Gasteiger partial charge >= 0.3 is 5.97 Å². The summed E-state index contributed by atoms with van der Waals surface area (Å²) in [6.45, 7) is -0.580. The molecule has 0 aromatic heterocycles. The third kappa shape index (κ3) is 2.90. The third-order valence-electron chi connectivity index (χ3n) is 1.96. The zero-order chi connectivity index (χ0) is 13.2. The molecule has 0 heterocycles. The Kier molecular flexibility index (Phi) is 4.37. The average Bonchev–Trinajstić information content (AvgIpc) is 2.15. The van der Waals surface area contributed by atoms with Crippen molar-refractivity contribution in [3.63, 3.8) is 0 Å². The van der Waals surface area contributed by atoms with Gasteiger partial charge in [0, 0.05) is 0 Å². The van der Waals surface area contributed by atoms with Crippen LogP contribution in [0.25, 0.3) is 0 Å². The van der Waals surface area contributed by atoms with Gasteiger partial charge in [-0.25, -0.2) is 13.2 Å². The SMILES string of the molecule is O=C(O)c1c(Cl)ccc(S(=O)(=O)CCO)c1Cl. The molecule has 0 aliphatic heterocycles. The van der Waals surface area contributed by atoms with Gasteiger partial charge in [-0.1, -0.05) is 23.2 Å². The van der Waals surface area contributed by atoms with Gasteiger partial charge in [0.25, 0.3) is 0 Å². The first-order valence-corrected chi connectivity index (χ1v) is 6.77. The van der Waals surface area contributed by atoms with Crippen LogP contribution in [-0.2, 0) is 9.84 Å². The van der Waals surface area contributed by atoms with Gasteiger partial charge < -0.3 is 10.2 Å². The normalized spacial score (nSPS) is 11.5. The Morgan fingerprint density at radius 2 is 1.88 bits per heavy atom. The van der Waals surface area contributed by atoms with Crippen molar-refractivity contribution in [2.75, 3.05) is 12.4 Å². The molecule has 0 radical (unpaired) electrons. The smallest absolute Gasteiger partial charge is 0.338 e. The van der Waals surface area contributed by atoms with Crippen LogP contribution in [0.1, 0.15) is 10.4 Å². The van der Waals surface area contributed by atoms with Gasteiger partial charge in [-0.15, -0.1) is 0 Å². The Bertz CT molecular complexity index is 553. The molecule has 0 saturated carbocycles. The minimum atomic E-state index is -3.82. The van der Waals surface area contributed by atoms with E-state index >= 15 is 0 Å². The zero-order valence-electron chi connectivity index (χ0n) is 8.35. The number of aliphatic hydroxyl groups excluding tert-OH is 1. The highest BCUT2D eigenvalue weighted by Crippen LogP contribution is 2.31. The van der Waals surface area contributed by atoms with Crippen molar-refractivity contribution in [3.8, 4) is 0 Å². The van der Waals surface area contributed by atoms with Crippen LogP contribution in [0, 0.1) is 0 Å². The summed E-state index contributed by atoms with van der Waals surface area (Å²) in [7, 11) is -3.82. The molecule has 0 bridgehead atoms. The van der Waals surface area contributed by atoms with Crippen LogP contribution in [0.15, 0.2) is 17.0 Å². The lowest BCUT2D eigenvalue weighted by Crippen LogP contribution is -2.12. The van der Waals surface area contributed by atoms with E-state index in [2.05, 4.69) is 0 Å². The van der Waals surface area contributed by atoms with E-state index in [0.29, 0.717) is 0 Å². The average molecular weight is 299 g/mol. The number of aliphatic hydroxyl groups is 1. The van der Waals surface area contributed by atoms with Crippen molar-refractivity contribution in [2.24, 2.45) is 0 Å².